The van der Waals surface area contributed by atoms with E-state index in [9.17, 15) is 4.39 Å². The molecule has 1 aliphatic rings. The molecule has 0 aliphatic carbocycles. The van der Waals surface area contributed by atoms with Crippen LogP contribution in [0.4, 0.5) is 10.2 Å². The van der Waals surface area contributed by atoms with Gasteiger partial charge in [0.1, 0.15) is 11.6 Å². The van der Waals surface area contributed by atoms with Crippen molar-refractivity contribution in [3.05, 3.63) is 34.6 Å². The largest absolute Gasteiger partial charge is 0.370 e. The first-order chi connectivity index (χ1) is 10.6. The number of rotatable bonds is 5. The van der Waals surface area contributed by atoms with Crippen molar-refractivity contribution < 1.29 is 4.39 Å². The summed E-state index contributed by atoms with van der Waals surface area (Å²) in [6.45, 7) is 4.11. The first kappa shape index (κ1) is 15.6. The highest BCUT2D eigenvalue weighted by molar-refractivity contribution is 9.10. The molecule has 0 radical (unpaired) electrons. The van der Waals surface area contributed by atoms with E-state index in [0.29, 0.717) is 21.9 Å². The van der Waals surface area contributed by atoms with E-state index in [2.05, 4.69) is 44.0 Å². The standard InChI is InChI=1S/C16H20BrFN4/c1-10-12(9-20-22-10)3-2-6-19-16-5-4-11-7-13(17)14(18)8-15(11)21-16/h4-5,7-8,10,12,20,22H,2-3,6,9H2,1H3,(H,19,21). The zero-order valence-corrected chi connectivity index (χ0v) is 14.1. The second-order valence-corrected chi connectivity index (χ2v) is 6.65. The normalized spacial score (nSPS) is 21.4. The van der Waals surface area contributed by atoms with Gasteiger partial charge >= 0.3 is 0 Å². The van der Waals surface area contributed by atoms with E-state index < -0.39 is 0 Å². The molecule has 118 valence electrons. The van der Waals surface area contributed by atoms with Gasteiger partial charge in [0.2, 0.25) is 0 Å². The zero-order chi connectivity index (χ0) is 15.5. The quantitative estimate of drug-likeness (QED) is 0.709. The van der Waals surface area contributed by atoms with Gasteiger partial charge in [-0.15, -0.1) is 0 Å². The number of anilines is 1. The minimum atomic E-state index is -0.285. The van der Waals surface area contributed by atoms with Crippen molar-refractivity contribution in [2.45, 2.75) is 25.8 Å². The monoisotopic (exact) mass is 366 g/mol. The third kappa shape index (κ3) is 3.56. The predicted molar refractivity (Wildman–Crippen MR) is 91.2 cm³/mol. The Morgan fingerprint density at radius 2 is 2.27 bits per heavy atom. The molecule has 2 atom stereocenters. The van der Waals surface area contributed by atoms with Crippen molar-refractivity contribution in [3.8, 4) is 0 Å². The Morgan fingerprint density at radius 3 is 3.05 bits per heavy atom. The Hall–Kier alpha value is -1.24. The van der Waals surface area contributed by atoms with Crippen molar-refractivity contribution >= 4 is 32.7 Å². The second kappa shape index (κ2) is 6.89. The van der Waals surface area contributed by atoms with Crippen LogP contribution >= 0.6 is 15.9 Å². The molecule has 2 heterocycles. The number of nitrogens with one attached hydrogen (secondary N) is 3. The van der Waals surface area contributed by atoms with Gasteiger partial charge in [0.15, 0.2) is 0 Å². The second-order valence-electron chi connectivity index (χ2n) is 5.80. The van der Waals surface area contributed by atoms with Gasteiger partial charge in [-0.25, -0.2) is 9.37 Å². The van der Waals surface area contributed by atoms with Crippen LogP contribution in [0.25, 0.3) is 10.9 Å². The third-order valence-electron chi connectivity index (χ3n) is 4.19. The third-order valence-corrected chi connectivity index (χ3v) is 4.80. The van der Waals surface area contributed by atoms with E-state index in [4.69, 9.17) is 0 Å². The summed E-state index contributed by atoms with van der Waals surface area (Å²) < 4.78 is 14.0. The number of nitrogens with zero attached hydrogens (tertiary/aromatic N) is 1. The Bertz CT molecular complexity index is 664. The average molecular weight is 367 g/mol. The summed E-state index contributed by atoms with van der Waals surface area (Å²) in [5.74, 6) is 1.19. The molecular formula is C16H20BrFN4. The van der Waals surface area contributed by atoms with Gasteiger partial charge in [-0.05, 0) is 59.8 Å². The maximum absolute atomic E-state index is 13.6. The molecule has 1 saturated heterocycles. The molecule has 1 aliphatic heterocycles. The molecule has 2 unspecified atom stereocenters. The predicted octanol–water partition coefficient (Wildman–Crippen LogP) is 3.44. The van der Waals surface area contributed by atoms with Crippen molar-refractivity contribution in [1.82, 2.24) is 15.8 Å². The Labute approximate surface area is 138 Å². The Kier molecular flexibility index (Phi) is 4.90. The molecule has 1 fully saturated rings. The minimum absolute atomic E-state index is 0.285. The number of hydrogen-bond donors (Lipinski definition) is 3. The molecule has 4 nitrogen and oxygen atoms in total. The summed E-state index contributed by atoms with van der Waals surface area (Å²) in [6.07, 6.45) is 2.26. The topological polar surface area (TPSA) is 49.0 Å². The molecule has 0 bridgehead atoms. The van der Waals surface area contributed by atoms with Gasteiger partial charge in [-0.2, -0.15) is 0 Å². The number of halogens is 2. The highest BCUT2D eigenvalue weighted by Crippen LogP contribution is 2.23. The summed E-state index contributed by atoms with van der Waals surface area (Å²) in [6, 6.07) is 7.64. The summed E-state index contributed by atoms with van der Waals surface area (Å²) in [4.78, 5) is 4.46. The number of aromatic nitrogens is 1. The molecule has 3 N–H and O–H groups in total. The van der Waals surface area contributed by atoms with E-state index >= 15 is 0 Å². The number of benzene rings is 1. The van der Waals surface area contributed by atoms with Crippen LogP contribution in [0.5, 0.6) is 0 Å². The van der Waals surface area contributed by atoms with Gasteiger partial charge in [0.05, 0.1) is 9.99 Å². The molecule has 0 spiro atoms. The van der Waals surface area contributed by atoms with Crippen LogP contribution < -0.4 is 16.2 Å². The lowest BCUT2D eigenvalue weighted by atomic mass is 9.98. The molecule has 0 amide bonds. The first-order valence-electron chi connectivity index (χ1n) is 7.61. The maximum atomic E-state index is 13.6. The fraction of sp³-hybridized carbons (Fsp3) is 0.438. The lowest BCUT2D eigenvalue weighted by Gasteiger charge is -2.13. The molecule has 3 rings (SSSR count). The maximum Gasteiger partial charge on any atom is 0.139 e. The van der Waals surface area contributed by atoms with Crippen LogP contribution in [0.2, 0.25) is 0 Å². The number of hydrazine groups is 1. The lowest BCUT2D eigenvalue weighted by molar-refractivity contribution is 0.452. The van der Waals surface area contributed by atoms with Crippen LogP contribution in [0.3, 0.4) is 0 Å². The minimum Gasteiger partial charge on any atom is -0.370 e. The fourth-order valence-electron chi connectivity index (χ4n) is 2.79. The van der Waals surface area contributed by atoms with Crippen LogP contribution in [0.1, 0.15) is 19.8 Å². The van der Waals surface area contributed by atoms with Gasteiger partial charge in [0, 0.05) is 30.6 Å². The number of fused-ring (bicyclic) bond motifs is 1. The highest BCUT2D eigenvalue weighted by atomic mass is 79.9. The van der Waals surface area contributed by atoms with Gasteiger partial charge in [-0.1, -0.05) is 0 Å². The van der Waals surface area contributed by atoms with Crippen LogP contribution in [-0.2, 0) is 0 Å². The highest BCUT2D eigenvalue weighted by Gasteiger charge is 2.21. The molecule has 1 aromatic heterocycles. The Morgan fingerprint density at radius 1 is 1.41 bits per heavy atom. The van der Waals surface area contributed by atoms with Crippen molar-refractivity contribution in [3.63, 3.8) is 0 Å². The smallest absolute Gasteiger partial charge is 0.139 e. The average Bonchev–Trinajstić information content (AvgIpc) is 2.90. The first-order valence-corrected chi connectivity index (χ1v) is 8.41. The summed E-state index contributed by atoms with van der Waals surface area (Å²) >= 11 is 3.19. The van der Waals surface area contributed by atoms with Crippen LogP contribution in [0.15, 0.2) is 28.7 Å². The van der Waals surface area contributed by atoms with Gasteiger partial charge in [-0.3, -0.25) is 10.9 Å². The van der Waals surface area contributed by atoms with E-state index in [1.807, 2.05) is 12.1 Å². The van der Waals surface area contributed by atoms with E-state index in [-0.39, 0.29) is 5.82 Å². The lowest BCUT2D eigenvalue weighted by Crippen LogP contribution is -2.28. The SMILES string of the molecule is CC1NNCC1CCCNc1ccc2cc(Br)c(F)cc2n1. The summed E-state index contributed by atoms with van der Waals surface area (Å²) in [5, 5.41) is 4.25. The van der Waals surface area contributed by atoms with Crippen molar-refractivity contribution in [1.29, 1.82) is 0 Å². The van der Waals surface area contributed by atoms with Crippen LogP contribution in [-0.4, -0.2) is 24.1 Å². The fourth-order valence-corrected chi connectivity index (χ4v) is 3.16. The van der Waals surface area contributed by atoms with Gasteiger partial charge in [0.25, 0.3) is 0 Å². The molecule has 1 aromatic carbocycles. The van der Waals surface area contributed by atoms with Crippen molar-refractivity contribution in [2.24, 2.45) is 5.92 Å². The molecule has 6 heteroatoms. The molecule has 0 saturated carbocycles. The number of pyridine rings is 1. The van der Waals surface area contributed by atoms with E-state index in [1.54, 1.807) is 6.07 Å². The molecule has 22 heavy (non-hydrogen) atoms. The van der Waals surface area contributed by atoms with Crippen LogP contribution in [0, 0.1) is 11.7 Å². The van der Waals surface area contributed by atoms with Crippen molar-refractivity contribution in [2.75, 3.05) is 18.4 Å². The Balaban J connectivity index is 1.56. The van der Waals surface area contributed by atoms with E-state index in [0.717, 1.165) is 30.7 Å². The number of hydrogen-bond acceptors (Lipinski definition) is 4. The summed E-state index contributed by atoms with van der Waals surface area (Å²) in [5.41, 5.74) is 7.09. The zero-order valence-electron chi connectivity index (χ0n) is 12.5. The van der Waals surface area contributed by atoms with E-state index in [1.165, 1.54) is 12.5 Å². The molecular weight excluding hydrogens is 347 g/mol. The van der Waals surface area contributed by atoms with Gasteiger partial charge < -0.3 is 5.32 Å². The summed E-state index contributed by atoms with van der Waals surface area (Å²) in [7, 11) is 0. The molecule has 2 aromatic rings.